The summed E-state index contributed by atoms with van der Waals surface area (Å²) in [6, 6.07) is 3.67. The van der Waals surface area contributed by atoms with Gasteiger partial charge in [0.15, 0.2) is 0 Å². The zero-order valence-electron chi connectivity index (χ0n) is 9.19. The monoisotopic (exact) mass is 236 g/mol. The van der Waals surface area contributed by atoms with E-state index in [-0.39, 0.29) is 0 Å². The van der Waals surface area contributed by atoms with E-state index in [1.165, 1.54) is 25.7 Å². The molecule has 1 saturated carbocycles. The van der Waals surface area contributed by atoms with E-state index in [0.29, 0.717) is 16.8 Å². The first kappa shape index (κ1) is 11.3. The summed E-state index contributed by atoms with van der Waals surface area (Å²) in [6.45, 7) is 0.777. The molecule has 0 spiro atoms. The molecule has 0 aliphatic heterocycles. The largest absolute Gasteiger partial charge is 0.477 e. The fourth-order valence-electron chi connectivity index (χ4n) is 1.99. The molecule has 0 aromatic carbocycles. The molecule has 0 atom stereocenters. The van der Waals surface area contributed by atoms with Crippen LogP contribution in [0.5, 0.6) is 5.88 Å². The van der Waals surface area contributed by atoms with Crippen molar-refractivity contribution < 1.29 is 4.74 Å². The van der Waals surface area contributed by atoms with Crippen molar-refractivity contribution in [3.05, 3.63) is 23.9 Å². The summed E-state index contributed by atoms with van der Waals surface area (Å²) < 4.78 is 5.63. The quantitative estimate of drug-likeness (QED) is 0.815. The van der Waals surface area contributed by atoms with Crippen molar-refractivity contribution in [3.63, 3.8) is 0 Å². The predicted octanol–water partition coefficient (Wildman–Crippen LogP) is 2.28. The number of hydrogen-bond acceptors (Lipinski definition) is 3. The van der Waals surface area contributed by atoms with Crippen molar-refractivity contribution in [2.45, 2.75) is 25.7 Å². The molecule has 4 heteroatoms. The first-order valence-electron chi connectivity index (χ1n) is 5.64. The van der Waals surface area contributed by atoms with Crippen LogP contribution in [0.1, 0.15) is 31.2 Å². The molecule has 0 radical (unpaired) electrons. The van der Waals surface area contributed by atoms with Crippen molar-refractivity contribution in [2.24, 2.45) is 11.7 Å². The summed E-state index contributed by atoms with van der Waals surface area (Å²) in [7, 11) is 0. The molecule has 2 N–H and O–H groups in total. The lowest BCUT2D eigenvalue weighted by atomic mass is 10.1. The minimum atomic E-state index is 0.370. The Bertz CT molecular complexity index is 358. The van der Waals surface area contributed by atoms with E-state index in [1.54, 1.807) is 6.20 Å². The highest BCUT2D eigenvalue weighted by Crippen LogP contribution is 2.25. The van der Waals surface area contributed by atoms with E-state index in [9.17, 15) is 0 Å². The Labute approximate surface area is 101 Å². The predicted molar refractivity (Wildman–Crippen MR) is 67.6 cm³/mol. The van der Waals surface area contributed by atoms with Gasteiger partial charge in [0.05, 0.1) is 6.61 Å². The molecule has 1 heterocycles. The Kier molecular flexibility index (Phi) is 3.72. The smallest absolute Gasteiger partial charge is 0.213 e. The number of ether oxygens (including phenoxy) is 1. The topological polar surface area (TPSA) is 48.1 Å². The third kappa shape index (κ3) is 2.92. The van der Waals surface area contributed by atoms with Crippen LogP contribution < -0.4 is 10.5 Å². The van der Waals surface area contributed by atoms with Gasteiger partial charge in [-0.2, -0.15) is 0 Å². The van der Waals surface area contributed by atoms with Crippen LogP contribution in [-0.2, 0) is 0 Å². The number of nitrogens with zero attached hydrogens (tertiary/aromatic N) is 1. The second-order valence-electron chi connectivity index (χ2n) is 4.21. The van der Waals surface area contributed by atoms with Crippen molar-refractivity contribution in [2.75, 3.05) is 6.61 Å². The Hall–Kier alpha value is -1.16. The summed E-state index contributed by atoms with van der Waals surface area (Å²) in [5.41, 5.74) is 6.27. The number of pyridine rings is 1. The third-order valence-corrected chi connectivity index (χ3v) is 3.20. The number of thiocarbonyl (C=S) groups is 1. The maximum Gasteiger partial charge on any atom is 0.213 e. The first-order chi connectivity index (χ1) is 7.75. The second-order valence-corrected chi connectivity index (χ2v) is 4.65. The van der Waals surface area contributed by atoms with Crippen LogP contribution in [0.15, 0.2) is 18.3 Å². The molecule has 1 fully saturated rings. The first-order valence-corrected chi connectivity index (χ1v) is 6.05. The minimum absolute atomic E-state index is 0.370. The highest BCUT2D eigenvalue weighted by Gasteiger charge is 2.15. The molecule has 0 bridgehead atoms. The van der Waals surface area contributed by atoms with Crippen molar-refractivity contribution in [3.8, 4) is 5.88 Å². The summed E-state index contributed by atoms with van der Waals surface area (Å²) >= 11 is 4.85. The zero-order chi connectivity index (χ0) is 11.4. The maximum absolute atomic E-state index is 5.63. The van der Waals surface area contributed by atoms with E-state index in [2.05, 4.69) is 4.98 Å². The minimum Gasteiger partial charge on any atom is -0.477 e. The lowest BCUT2D eigenvalue weighted by Crippen LogP contribution is -2.11. The van der Waals surface area contributed by atoms with Gasteiger partial charge < -0.3 is 10.5 Å². The average molecular weight is 236 g/mol. The highest BCUT2D eigenvalue weighted by atomic mass is 32.1. The number of aromatic nitrogens is 1. The van der Waals surface area contributed by atoms with Crippen LogP contribution >= 0.6 is 12.2 Å². The second kappa shape index (κ2) is 5.25. The molecule has 0 saturated heterocycles. The van der Waals surface area contributed by atoms with Gasteiger partial charge in [-0.1, -0.05) is 25.1 Å². The molecule has 0 amide bonds. The van der Waals surface area contributed by atoms with Gasteiger partial charge in [0, 0.05) is 17.8 Å². The van der Waals surface area contributed by atoms with Gasteiger partial charge in [0.25, 0.3) is 0 Å². The summed E-state index contributed by atoms with van der Waals surface area (Å²) in [5.74, 6) is 1.36. The Morgan fingerprint density at radius 2 is 2.19 bits per heavy atom. The molecule has 0 unspecified atom stereocenters. The van der Waals surface area contributed by atoms with Crippen LogP contribution in [0.4, 0.5) is 0 Å². The number of hydrogen-bond donors (Lipinski definition) is 1. The summed E-state index contributed by atoms with van der Waals surface area (Å²) in [4.78, 5) is 4.54. The van der Waals surface area contributed by atoms with Gasteiger partial charge in [0.2, 0.25) is 5.88 Å². The van der Waals surface area contributed by atoms with E-state index < -0.39 is 0 Å². The van der Waals surface area contributed by atoms with Gasteiger partial charge in [0.1, 0.15) is 4.99 Å². The number of nitrogens with two attached hydrogens (primary N) is 1. The summed E-state index contributed by atoms with van der Waals surface area (Å²) in [6.07, 6.45) is 6.89. The third-order valence-electron chi connectivity index (χ3n) is 2.96. The Morgan fingerprint density at radius 1 is 1.44 bits per heavy atom. The molecule has 1 aromatic heterocycles. The van der Waals surface area contributed by atoms with E-state index in [4.69, 9.17) is 22.7 Å². The van der Waals surface area contributed by atoms with Gasteiger partial charge in [-0.25, -0.2) is 4.98 Å². The van der Waals surface area contributed by atoms with Crippen LogP contribution in [0.3, 0.4) is 0 Å². The van der Waals surface area contributed by atoms with E-state index in [0.717, 1.165) is 12.2 Å². The molecule has 16 heavy (non-hydrogen) atoms. The zero-order valence-corrected chi connectivity index (χ0v) is 10.0. The van der Waals surface area contributed by atoms with Gasteiger partial charge in [-0.05, 0) is 24.8 Å². The van der Waals surface area contributed by atoms with Crippen LogP contribution in [0.25, 0.3) is 0 Å². The highest BCUT2D eigenvalue weighted by molar-refractivity contribution is 7.80. The Balaban J connectivity index is 1.87. The molecule has 1 aromatic rings. The van der Waals surface area contributed by atoms with Crippen molar-refractivity contribution in [1.29, 1.82) is 0 Å². The molecule has 86 valence electrons. The maximum atomic E-state index is 5.63. The lowest BCUT2D eigenvalue weighted by Gasteiger charge is -2.10. The molecular formula is C12H16N2OS. The van der Waals surface area contributed by atoms with E-state index in [1.807, 2.05) is 12.1 Å². The molecule has 3 nitrogen and oxygen atoms in total. The SMILES string of the molecule is NC(=S)c1ccc(OCC2CCCC2)nc1. The van der Waals surface area contributed by atoms with Crippen LogP contribution in [-0.4, -0.2) is 16.6 Å². The fraction of sp³-hybridized carbons (Fsp3) is 0.500. The fourth-order valence-corrected chi connectivity index (χ4v) is 2.11. The van der Waals surface area contributed by atoms with Crippen LogP contribution in [0.2, 0.25) is 0 Å². The van der Waals surface area contributed by atoms with Gasteiger partial charge in [-0.3, -0.25) is 0 Å². The Morgan fingerprint density at radius 3 is 2.75 bits per heavy atom. The average Bonchev–Trinajstić information content (AvgIpc) is 2.80. The molecule has 1 aliphatic rings. The number of rotatable bonds is 4. The summed E-state index contributed by atoms with van der Waals surface area (Å²) in [5, 5.41) is 0. The van der Waals surface area contributed by atoms with Gasteiger partial charge >= 0.3 is 0 Å². The van der Waals surface area contributed by atoms with Crippen molar-refractivity contribution >= 4 is 17.2 Å². The lowest BCUT2D eigenvalue weighted by molar-refractivity contribution is 0.243. The molecule has 1 aliphatic carbocycles. The van der Waals surface area contributed by atoms with E-state index >= 15 is 0 Å². The van der Waals surface area contributed by atoms with Crippen molar-refractivity contribution in [1.82, 2.24) is 4.98 Å². The molecule has 2 rings (SSSR count). The van der Waals surface area contributed by atoms with Crippen LogP contribution in [0, 0.1) is 5.92 Å². The molecular weight excluding hydrogens is 220 g/mol. The van der Waals surface area contributed by atoms with Gasteiger partial charge in [-0.15, -0.1) is 0 Å². The standard InChI is InChI=1S/C12H16N2OS/c13-12(16)10-5-6-11(14-7-10)15-8-9-3-1-2-4-9/h5-7,9H,1-4,8H2,(H2,13,16). The normalized spacial score (nSPS) is 16.2.